The molecule has 0 radical (unpaired) electrons. The molecule has 0 unspecified atom stereocenters. The average molecular weight is 351 g/mol. The number of nitrogens with zero attached hydrogens (tertiary/aromatic N) is 3. The predicted octanol–water partition coefficient (Wildman–Crippen LogP) is 2.99. The van der Waals surface area contributed by atoms with Crippen LogP contribution in [-0.2, 0) is 0 Å². The Hall–Kier alpha value is -2.14. The molecule has 4 aliphatic rings. The number of amides is 1. The number of piperidine rings is 3. The van der Waals surface area contributed by atoms with Gasteiger partial charge in [-0.25, -0.2) is 0 Å². The van der Waals surface area contributed by atoms with Gasteiger partial charge in [-0.2, -0.15) is 0 Å². The minimum Gasteiger partial charge on any atom is -0.361 e. The van der Waals surface area contributed by atoms with E-state index in [1.807, 2.05) is 6.92 Å². The van der Waals surface area contributed by atoms with Gasteiger partial charge in [0.1, 0.15) is 11.3 Å². The summed E-state index contributed by atoms with van der Waals surface area (Å²) in [6, 6.07) is 9.63. The quantitative estimate of drug-likeness (QED) is 0.835. The molecule has 1 aromatic heterocycles. The highest BCUT2D eigenvalue weighted by atomic mass is 16.5. The summed E-state index contributed by atoms with van der Waals surface area (Å²) in [7, 11) is 0. The van der Waals surface area contributed by atoms with Gasteiger partial charge in [0.05, 0.1) is 12.2 Å². The molecule has 0 aliphatic carbocycles. The average Bonchev–Trinajstić information content (AvgIpc) is 3.28. The highest BCUT2D eigenvalue weighted by Gasteiger charge is 2.54. The maximum Gasteiger partial charge on any atom is 0.259 e. The molecule has 2 aromatic rings. The molecule has 4 saturated heterocycles. The van der Waals surface area contributed by atoms with Crippen LogP contribution in [0, 0.1) is 19.8 Å². The molecule has 136 valence electrons. The number of likely N-dealkylation sites (tertiary alicyclic amines) is 1. The maximum absolute atomic E-state index is 13.3. The number of carbonyl (C=O) groups is 1. The van der Waals surface area contributed by atoms with E-state index in [0.717, 1.165) is 6.54 Å². The monoisotopic (exact) mass is 351 g/mol. The second-order valence-electron chi connectivity index (χ2n) is 8.12. The van der Waals surface area contributed by atoms with Crippen LogP contribution in [0.2, 0.25) is 0 Å². The van der Waals surface area contributed by atoms with Gasteiger partial charge in [0.15, 0.2) is 0 Å². The Labute approximate surface area is 153 Å². The lowest BCUT2D eigenvalue weighted by atomic mass is 9.75. The number of fused-ring (bicyclic) bond motifs is 2. The lowest BCUT2D eigenvalue weighted by Crippen LogP contribution is -2.60. The number of aromatic nitrogens is 1. The fourth-order valence-electron chi connectivity index (χ4n) is 5.42. The van der Waals surface area contributed by atoms with Crippen molar-refractivity contribution in [1.82, 2.24) is 15.0 Å². The van der Waals surface area contributed by atoms with Crippen molar-refractivity contribution < 1.29 is 9.32 Å². The standard InChI is InChI=1S/C21H25N3O2/c1-13-3-5-15(6-4-13)18-12-24(21(25)17-11-22-26-14(17)2)19-16-7-9-23(10-8-16)20(18)19/h3-6,11,16,18-20H,7-10,12H2,1-2H3/t18-,19-,20-/m1/s1. The number of hydrogen-bond donors (Lipinski definition) is 0. The van der Waals surface area contributed by atoms with Gasteiger partial charge in [0.2, 0.25) is 0 Å². The zero-order valence-electron chi connectivity index (χ0n) is 15.4. The molecule has 26 heavy (non-hydrogen) atoms. The summed E-state index contributed by atoms with van der Waals surface area (Å²) in [5, 5.41) is 3.82. The van der Waals surface area contributed by atoms with Crippen molar-refractivity contribution in [2.75, 3.05) is 19.6 Å². The normalized spacial score (nSPS) is 32.7. The van der Waals surface area contributed by atoms with Crippen LogP contribution in [0.1, 0.15) is 46.0 Å². The van der Waals surface area contributed by atoms with Crippen LogP contribution in [-0.4, -0.2) is 52.6 Å². The van der Waals surface area contributed by atoms with Crippen LogP contribution < -0.4 is 0 Å². The van der Waals surface area contributed by atoms with E-state index in [2.05, 4.69) is 46.1 Å². The van der Waals surface area contributed by atoms with Crippen molar-refractivity contribution in [2.45, 2.75) is 44.7 Å². The summed E-state index contributed by atoms with van der Waals surface area (Å²) in [5.74, 6) is 1.70. The van der Waals surface area contributed by atoms with Gasteiger partial charge in [0, 0.05) is 18.5 Å². The lowest BCUT2D eigenvalue weighted by molar-refractivity contribution is -0.00345. The molecular formula is C21H25N3O2. The Morgan fingerprint density at radius 3 is 2.50 bits per heavy atom. The molecule has 0 saturated carbocycles. The molecule has 2 bridgehead atoms. The summed E-state index contributed by atoms with van der Waals surface area (Å²) in [4.78, 5) is 18.1. The molecule has 1 amide bonds. The van der Waals surface area contributed by atoms with Crippen molar-refractivity contribution in [3.05, 3.63) is 52.9 Å². The first-order valence-corrected chi connectivity index (χ1v) is 9.66. The van der Waals surface area contributed by atoms with Crippen molar-refractivity contribution in [1.29, 1.82) is 0 Å². The third-order valence-corrected chi connectivity index (χ3v) is 6.74. The first-order valence-electron chi connectivity index (χ1n) is 9.66. The summed E-state index contributed by atoms with van der Waals surface area (Å²) in [5.41, 5.74) is 3.25. The number of hydrogen-bond acceptors (Lipinski definition) is 4. The van der Waals surface area contributed by atoms with E-state index in [1.54, 1.807) is 6.20 Å². The summed E-state index contributed by atoms with van der Waals surface area (Å²) >= 11 is 0. The Kier molecular flexibility index (Phi) is 3.67. The molecule has 5 nitrogen and oxygen atoms in total. The minimum absolute atomic E-state index is 0.0853. The van der Waals surface area contributed by atoms with Gasteiger partial charge >= 0.3 is 0 Å². The second kappa shape index (κ2) is 5.95. The first kappa shape index (κ1) is 16.1. The number of aryl methyl sites for hydroxylation is 2. The minimum atomic E-state index is 0.0853. The van der Waals surface area contributed by atoms with Crippen molar-refractivity contribution in [3.63, 3.8) is 0 Å². The van der Waals surface area contributed by atoms with Gasteiger partial charge in [0.25, 0.3) is 5.91 Å². The van der Waals surface area contributed by atoms with E-state index in [0.29, 0.717) is 35.2 Å². The molecular weight excluding hydrogens is 326 g/mol. The Morgan fingerprint density at radius 2 is 1.85 bits per heavy atom. The second-order valence-corrected chi connectivity index (χ2v) is 8.12. The highest BCUT2D eigenvalue weighted by molar-refractivity contribution is 5.95. The van der Waals surface area contributed by atoms with E-state index in [-0.39, 0.29) is 5.91 Å². The molecule has 1 aromatic carbocycles. The van der Waals surface area contributed by atoms with Crippen LogP contribution in [0.4, 0.5) is 0 Å². The Morgan fingerprint density at radius 1 is 1.12 bits per heavy atom. The Bertz CT molecular complexity index is 820. The third-order valence-electron chi connectivity index (χ3n) is 6.74. The smallest absolute Gasteiger partial charge is 0.259 e. The van der Waals surface area contributed by atoms with E-state index in [9.17, 15) is 4.79 Å². The van der Waals surface area contributed by atoms with Crippen LogP contribution in [0.5, 0.6) is 0 Å². The van der Waals surface area contributed by atoms with Gasteiger partial charge in [-0.3, -0.25) is 9.69 Å². The molecule has 6 rings (SSSR count). The lowest BCUT2D eigenvalue weighted by Gasteiger charge is -2.51. The van der Waals surface area contributed by atoms with Crippen LogP contribution in [0.15, 0.2) is 35.0 Å². The highest BCUT2D eigenvalue weighted by Crippen LogP contribution is 2.47. The van der Waals surface area contributed by atoms with Gasteiger partial charge in [-0.05, 0) is 51.3 Å². The van der Waals surface area contributed by atoms with Crippen LogP contribution >= 0.6 is 0 Å². The van der Waals surface area contributed by atoms with Gasteiger partial charge in [-0.1, -0.05) is 35.0 Å². The fraction of sp³-hybridized carbons (Fsp3) is 0.524. The van der Waals surface area contributed by atoms with Crippen molar-refractivity contribution >= 4 is 5.91 Å². The molecule has 4 aliphatic heterocycles. The van der Waals surface area contributed by atoms with Crippen molar-refractivity contribution in [3.8, 4) is 0 Å². The fourth-order valence-corrected chi connectivity index (χ4v) is 5.42. The number of benzene rings is 1. The van der Waals surface area contributed by atoms with E-state index < -0.39 is 0 Å². The first-order chi connectivity index (χ1) is 12.6. The number of rotatable bonds is 2. The summed E-state index contributed by atoms with van der Waals surface area (Å²) in [6.07, 6.45) is 3.98. The van der Waals surface area contributed by atoms with Gasteiger partial charge < -0.3 is 9.42 Å². The summed E-state index contributed by atoms with van der Waals surface area (Å²) in [6.45, 7) is 7.07. The molecule has 0 spiro atoms. The van der Waals surface area contributed by atoms with E-state index >= 15 is 0 Å². The SMILES string of the molecule is Cc1ccc([C@H]2CN(C(=O)c3cnoc3C)[C@@H]3C4CCN(CC4)[C@H]23)cc1. The Balaban J connectivity index is 1.53. The van der Waals surface area contributed by atoms with Crippen molar-refractivity contribution in [2.24, 2.45) is 5.92 Å². The molecule has 3 atom stereocenters. The number of carbonyl (C=O) groups excluding carboxylic acids is 1. The van der Waals surface area contributed by atoms with Crippen LogP contribution in [0.3, 0.4) is 0 Å². The summed E-state index contributed by atoms with van der Waals surface area (Å²) < 4.78 is 5.16. The zero-order chi connectivity index (χ0) is 17.8. The maximum atomic E-state index is 13.3. The molecule has 4 fully saturated rings. The largest absolute Gasteiger partial charge is 0.361 e. The molecule has 5 heterocycles. The molecule has 5 heteroatoms. The third kappa shape index (κ3) is 2.33. The predicted molar refractivity (Wildman–Crippen MR) is 98.1 cm³/mol. The van der Waals surface area contributed by atoms with Gasteiger partial charge in [-0.15, -0.1) is 0 Å². The van der Waals surface area contributed by atoms with E-state index in [1.165, 1.54) is 37.1 Å². The zero-order valence-corrected chi connectivity index (χ0v) is 15.4. The van der Waals surface area contributed by atoms with Crippen LogP contribution in [0.25, 0.3) is 0 Å². The topological polar surface area (TPSA) is 49.6 Å². The molecule has 0 N–H and O–H groups in total. The van der Waals surface area contributed by atoms with E-state index in [4.69, 9.17) is 4.52 Å².